The molecule has 0 saturated heterocycles. The third-order valence-corrected chi connectivity index (χ3v) is 4.47. The second-order valence-electron chi connectivity index (χ2n) is 6.07. The lowest BCUT2D eigenvalue weighted by atomic mass is 10.1. The van der Waals surface area contributed by atoms with Crippen molar-refractivity contribution in [3.8, 4) is 11.5 Å². The van der Waals surface area contributed by atoms with Crippen LogP contribution in [0.3, 0.4) is 0 Å². The molecule has 0 unspecified atom stereocenters. The molecule has 4 rings (SSSR count). The SMILES string of the molecule is O[C@@H](COC1=NCNc2cc(Cl)ccc21)c1ccc2c(c1)OCCCO2. The van der Waals surface area contributed by atoms with Crippen LogP contribution in [-0.4, -0.2) is 37.5 Å². The highest BCUT2D eigenvalue weighted by Crippen LogP contribution is 2.32. The highest BCUT2D eigenvalue weighted by Gasteiger charge is 2.19. The molecular weight excluding hydrogens is 356 g/mol. The van der Waals surface area contributed by atoms with Crippen molar-refractivity contribution in [3.63, 3.8) is 0 Å². The van der Waals surface area contributed by atoms with Gasteiger partial charge < -0.3 is 24.6 Å². The first kappa shape index (κ1) is 17.0. The Kier molecular flexibility index (Phi) is 4.86. The fraction of sp³-hybridized carbons (Fsp3) is 0.316. The number of nitrogens with one attached hydrogen (secondary N) is 1. The number of aliphatic hydroxyl groups is 1. The largest absolute Gasteiger partial charge is 0.490 e. The molecule has 0 bridgehead atoms. The number of benzene rings is 2. The van der Waals surface area contributed by atoms with Gasteiger partial charge in [0.15, 0.2) is 11.5 Å². The van der Waals surface area contributed by atoms with Gasteiger partial charge in [-0.15, -0.1) is 0 Å². The monoisotopic (exact) mass is 374 g/mol. The number of rotatable bonds is 3. The number of aliphatic hydroxyl groups excluding tert-OH is 1. The van der Waals surface area contributed by atoms with Crippen molar-refractivity contribution >= 4 is 23.2 Å². The third kappa shape index (κ3) is 3.57. The maximum absolute atomic E-state index is 10.5. The van der Waals surface area contributed by atoms with E-state index in [2.05, 4.69) is 10.3 Å². The quantitative estimate of drug-likeness (QED) is 0.861. The van der Waals surface area contributed by atoms with Crippen LogP contribution in [0.15, 0.2) is 41.4 Å². The molecule has 0 aliphatic carbocycles. The molecule has 7 heteroatoms. The summed E-state index contributed by atoms with van der Waals surface area (Å²) in [7, 11) is 0. The van der Waals surface area contributed by atoms with E-state index in [1.165, 1.54) is 0 Å². The number of nitrogens with zero attached hydrogens (tertiary/aromatic N) is 1. The molecule has 2 aliphatic heterocycles. The van der Waals surface area contributed by atoms with Gasteiger partial charge in [-0.25, -0.2) is 4.99 Å². The first-order chi connectivity index (χ1) is 12.7. The fourth-order valence-corrected chi connectivity index (χ4v) is 3.07. The summed E-state index contributed by atoms with van der Waals surface area (Å²) < 4.78 is 17.1. The third-order valence-electron chi connectivity index (χ3n) is 4.24. The number of halogens is 1. The zero-order valence-electron chi connectivity index (χ0n) is 14.1. The van der Waals surface area contributed by atoms with E-state index in [0.29, 0.717) is 47.9 Å². The maximum atomic E-state index is 10.5. The zero-order valence-corrected chi connectivity index (χ0v) is 14.8. The molecule has 0 saturated carbocycles. The number of fused-ring (bicyclic) bond motifs is 2. The summed E-state index contributed by atoms with van der Waals surface area (Å²) in [5.74, 6) is 1.84. The van der Waals surface area contributed by atoms with Gasteiger partial charge in [-0.05, 0) is 35.9 Å². The molecule has 2 aromatic carbocycles. The van der Waals surface area contributed by atoms with E-state index in [0.717, 1.165) is 17.7 Å². The summed E-state index contributed by atoms with van der Waals surface area (Å²) in [6.45, 7) is 1.73. The van der Waals surface area contributed by atoms with Crippen molar-refractivity contribution in [2.45, 2.75) is 12.5 Å². The van der Waals surface area contributed by atoms with Gasteiger partial charge in [-0.1, -0.05) is 17.7 Å². The lowest BCUT2D eigenvalue weighted by Crippen LogP contribution is -2.20. The van der Waals surface area contributed by atoms with Crippen LogP contribution in [0.5, 0.6) is 11.5 Å². The van der Waals surface area contributed by atoms with Crippen LogP contribution in [0.1, 0.15) is 23.7 Å². The van der Waals surface area contributed by atoms with Crippen LogP contribution in [0.2, 0.25) is 5.02 Å². The summed E-state index contributed by atoms with van der Waals surface area (Å²) in [6.07, 6.45) is 0.0351. The summed E-state index contributed by atoms with van der Waals surface area (Å²) in [5, 5.41) is 14.3. The van der Waals surface area contributed by atoms with E-state index < -0.39 is 6.10 Å². The summed E-state index contributed by atoms with van der Waals surface area (Å²) in [4.78, 5) is 4.33. The molecule has 2 aliphatic rings. The molecule has 1 atom stereocenters. The van der Waals surface area contributed by atoms with Crippen LogP contribution in [0.4, 0.5) is 5.69 Å². The Morgan fingerprint density at radius 1 is 1.15 bits per heavy atom. The van der Waals surface area contributed by atoms with Crippen LogP contribution < -0.4 is 14.8 Å². The van der Waals surface area contributed by atoms with Crippen molar-refractivity contribution in [1.29, 1.82) is 0 Å². The van der Waals surface area contributed by atoms with E-state index in [1.54, 1.807) is 12.1 Å². The molecule has 2 heterocycles. The first-order valence-electron chi connectivity index (χ1n) is 8.49. The van der Waals surface area contributed by atoms with E-state index in [1.807, 2.05) is 24.3 Å². The predicted octanol–water partition coefficient (Wildman–Crippen LogP) is 3.38. The molecule has 136 valence electrons. The molecule has 0 fully saturated rings. The molecular formula is C19H19ClN2O4. The Morgan fingerprint density at radius 2 is 2.00 bits per heavy atom. The summed E-state index contributed by atoms with van der Waals surface area (Å²) >= 11 is 6.02. The average Bonchev–Trinajstić information content (AvgIpc) is 2.90. The van der Waals surface area contributed by atoms with Crippen LogP contribution in [-0.2, 0) is 4.74 Å². The van der Waals surface area contributed by atoms with Crippen LogP contribution in [0.25, 0.3) is 0 Å². The number of ether oxygens (including phenoxy) is 3. The molecule has 0 spiro atoms. The van der Waals surface area contributed by atoms with Gasteiger partial charge in [0, 0.05) is 17.1 Å². The van der Waals surface area contributed by atoms with Gasteiger partial charge in [-0.2, -0.15) is 0 Å². The Labute approximate surface area is 156 Å². The minimum absolute atomic E-state index is 0.0839. The zero-order chi connectivity index (χ0) is 17.9. The number of anilines is 1. The lowest BCUT2D eigenvalue weighted by Gasteiger charge is -2.20. The standard InChI is InChI=1S/C19H19ClN2O4/c20-13-3-4-14-15(9-13)21-11-22-19(14)26-10-16(23)12-2-5-17-18(8-12)25-7-1-6-24-17/h2-5,8-9,16,21,23H,1,6-7,10-11H2/t16-/m0/s1. The van der Waals surface area contributed by atoms with Gasteiger partial charge in [0.1, 0.15) is 19.4 Å². The predicted molar refractivity (Wildman–Crippen MR) is 99.4 cm³/mol. The first-order valence-corrected chi connectivity index (χ1v) is 8.87. The number of hydrogen-bond donors (Lipinski definition) is 2. The lowest BCUT2D eigenvalue weighted by molar-refractivity contribution is 0.102. The molecule has 2 N–H and O–H groups in total. The smallest absolute Gasteiger partial charge is 0.220 e. The van der Waals surface area contributed by atoms with Gasteiger partial charge in [0.25, 0.3) is 0 Å². The summed E-state index contributed by atoms with van der Waals surface area (Å²) in [5.41, 5.74) is 2.40. The van der Waals surface area contributed by atoms with Crippen LogP contribution >= 0.6 is 11.6 Å². The van der Waals surface area contributed by atoms with Crippen LogP contribution in [0, 0.1) is 0 Å². The van der Waals surface area contributed by atoms with Gasteiger partial charge in [0.2, 0.25) is 5.90 Å². The molecule has 0 amide bonds. The molecule has 2 aromatic rings. The van der Waals surface area contributed by atoms with Crippen molar-refractivity contribution in [2.75, 3.05) is 31.8 Å². The topological polar surface area (TPSA) is 72.3 Å². The number of aliphatic imine (C=N–C) groups is 1. The second kappa shape index (κ2) is 7.43. The fourth-order valence-electron chi connectivity index (χ4n) is 2.90. The second-order valence-corrected chi connectivity index (χ2v) is 6.51. The van der Waals surface area contributed by atoms with E-state index in [9.17, 15) is 5.11 Å². The Morgan fingerprint density at radius 3 is 2.88 bits per heavy atom. The van der Waals surface area contributed by atoms with E-state index in [4.69, 9.17) is 25.8 Å². The van der Waals surface area contributed by atoms with E-state index >= 15 is 0 Å². The Hall–Kier alpha value is -2.44. The molecule has 0 aromatic heterocycles. The van der Waals surface area contributed by atoms with Gasteiger partial charge in [-0.3, -0.25) is 0 Å². The number of hydrogen-bond acceptors (Lipinski definition) is 6. The maximum Gasteiger partial charge on any atom is 0.220 e. The minimum Gasteiger partial charge on any atom is -0.490 e. The van der Waals surface area contributed by atoms with E-state index in [-0.39, 0.29) is 6.61 Å². The van der Waals surface area contributed by atoms with Crippen molar-refractivity contribution in [1.82, 2.24) is 0 Å². The van der Waals surface area contributed by atoms with Gasteiger partial charge >= 0.3 is 0 Å². The average molecular weight is 375 g/mol. The molecule has 6 nitrogen and oxygen atoms in total. The minimum atomic E-state index is -0.805. The highest BCUT2D eigenvalue weighted by atomic mass is 35.5. The molecule has 0 radical (unpaired) electrons. The Balaban J connectivity index is 1.45. The summed E-state index contributed by atoms with van der Waals surface area (Å²) in [6, 6.07) is 10.9. The Bertz CT molecular complexity index is 840. The van der Waals surface area contributed by atoms with Crippen molar-refractivity contribution in [2.24, 2.45) is 4.99 Å². The molecule has 26 heavy (non-hydrogen) atoms. The normalized spacial score (nSPS) is 16.6. The van der Waals surface area contributed by atoms with Gasteiger partial charge in [0.05, 0.1) is 18.8 Å². The van der Waals surface area contributed by atoms with Crippen molar-refractivity contribution < 1.29 is 19.3 Å². The highest BCUT2D eigenvalue weighted by molar-refractivity contribution is 6.31. The van der Waals surface area contributed by atoms with Crippen molar-refractivity contribution in [3.05, 3.63) is 52.5 Å².